The predicted molar refractivity (Wildman–Crippen MR) is 89.8 cm³/mol. The lowest BCUT2D eigenvalue weighted by atomic mass is 10.2. The van der Waals surface area contributed by atoms with Crippen LogP contribution in [0.25, 0.3) is 0 Å². The number of halogens is 2. The summed E-state index contributed by atoms with van der Waals surface area (Å²) in [6, 6.07) is 5.92. The van der Waals surface area contributed by atoms with Crippen LogP contribution in [0.1, 0.15) is 26.7 Å². The van der Waals surface area contributed by atoms with Crippen molar-refractivity contribution in [2.24, 2.45) is 0 Å². The molecule has 4 nitrogen and oxygen atoms in total. The number of hydrogen-bond donors (Lipinski definition) is 1. The van der Waals surface area contributed by atoms with Crippen molar-refractivity contribution >= 4 is 29.1 Å². The van der Waals surface area contributed by atoms with Crippen LogP contribution in [0.3, 0.4) is 0 Å². The van der Waals surface area contributed by atoms with E-state index in [1.165, 1.54) is 12.8 Å². The number of hydrogen-bond acceptors (Lipinski definition) is 3. The Morgan fingerprint density at radius 2 is 2.09 bits per heavy atom. The molecule has 6 heteroatoms. The molecule has 122 valence electrons. The lowest BCUT2D eigenvalue weighted by Crippen LogP contribution is -2.44. The zero-order valence-corrected chi connectivity index (χ0v) is 14.6. The minimum Gasteiger partial charge on any atom is -0.479 e. The largest absolute Gasteiger partial charge is 0.479 e. The number of carbonyl (C=O) groups is 1. The molecular formula is C16H22Cl2N2O2. The number of likely N-dealkylation sites (N-methyl/N-ethyl adjacent to an activating group) is 1. The summed E-state index contributed by atoms with van der Waals surface area (Å²) in [6.07, 6.45) is 1.89. The molecule has 0 spiro atoms. The molecule has 0 heterocycles. The third-order valence-corrected chi connectivity index (χ3v) is 4.49. The van der Waals surface area contributed by atoms with Gasteiger partial charge in [0, 0.05) is 23.7 Å². The maximum atomic E-state index is 12.1. The SMILES string of the molecule is CC(Oc1ccc(Cl)cc1Cl)C(=O)NCC(C)N(C)C1CC1. The van der Waals surface area contributed by atoms with Gasteiger partial charge in [0.15, 0.2) is 6.10 Å². The first-order valence-electron chi connectivity index (χ1n) is 7.50. The lowest BCUT2D eigenvalue weighted by Gasteiger charge is -2.25. The Kier molecular flexibility index (Phi) is 5.95. The van der Waals surface area contributed by atoms with Gasteiger partial charge in [-0.05, 0) is 51.9 Å². The highest BCUT2D eigenvalue weighted by Crippen LogP contribution is 2.28. The highest BCUT2D eigenvalue weighted by atomic mass is 35.5. The summed E-state index contributed by atoms with van der Waals surface area (Å²) in [4.78, 5) is 14.4. The van der Waals surface area contributed by atoms with E-state index in [1.807, 2.05) is 0 Å². The molecular weight excluding hydrogens is 323 g/mol. The molecule has 0 radical (unpaired) electrons. The standard InChI is InChI=1S/C16H22Cl2N2O2/c1-10(20(3)13-5-6-13)9-19-16(21)11(2)22-15-7-4-12(17)8-14(15)18/h4,7-8,10-11,13H,5-6,9H2,1-3H3,(H,19,21). The molecule has 1 aliphatic carbocycles. The van der Waals surface area contributed by atoms with Gasteiger partial charge in [0.1, 0.15) is 5.75 Å². The topological polar surface area (TPSA) is 41.6 Å². The van der Waals surface area contributed by atoms with E-state index in [4.69, 9.17) is 27.9 Å². The highest BCUT2D eigenvalue weighted by Gasteiger charge is 2.29. The molecule has 0 bridgehead atoms. The summed E-state index contributed by atoms with van der Waals surface area (Å²) in [5.41, 5.74) is 0. The second-order valence-electron chi connectivity index (χ2n) is 5.83. The minimum atomic E-state index is -0.614. The quantitative estimate of drug-likeness (QED) is 0.824. The van der Waals surface area contributed by atoms with E-state index in [2.05, 4.69) is 24.2 Å². The van der Waals surface area contributed by atoms with Crippen molar-refractivity contribution in [3.05, 3.63) is 28.2 Å². The van der Waals surface area contributed by atoms with Crippen LogP contribution < -0.4 is 10.1 Å². The number of benzene rings is 1. The van der Waals surface area contributed by atoms with Crippen molar-refractivity contribution in [2.45, 2.75) is 44.9 Å². The minimum absolute atomic E-state index is 0.151. The number of carbonyl (C=O) groups excluding carboxylic acids is 1. The first-order valence-corrected chi connectivity index (χ1v) is 8.25. The van der Waals surface area contributed by atoms with Gasteiger partial charge in [-0.3, -0.25) is 9.69 Å². The highest BCUT2D eigenvalue weighted by molar-refractivity contribution is 6.35. The molecule has 2 rings (SSSR count). The normalized spacial score (nSPS) is 17.2. The van der Waals surface area contributed by atoms with Gasteiger partial charge < -0.3 is 10.1 Å². The van der Waals surface area contributed by atoms with Crippen LogP contribution in [0.5, 0.6) is 5.75 Å². The fraction of sp³-hybridized carbons (Fsp3) is 0.562. The second kappa shape index (κ2) is 7.53. The molecule has 1 aromatic rings. The van der Waals surface area contributed by atoms with Crippen molar-refractivity contribution in [2.75, 3.05) is 13.6 Å². The third kappa shape index (κ3) is 4.77. The van der Waals surface area contributed by atoms with Crippen LogP contribution in [0.4, 0.5) is 0 Å². The Bertz CT molecular complexity index is 535. The van der Waals surface area contributed by atoms with Gasteiger partial charge in [0.25, 0.3) is 5.91 Å². The van der Waals surface area contributed by atoms with Gasteiger partial charge in [-0.2, -0.15) is 0 Å². The van der Waals surface area contributed by atoms with Crippen molar-refractivity contribution in [3.63, 3.8) is 0 Å². The van der Waals surface area contributed by atoms with Crippen LogP contribution in [0.2, 0.25) is 10.0 Å². The van der Waals surface area contributed by atoms with Gasteiger partial charge >= 0.3 is 0 Å². The van der Waals surface area contributed by atoms with E-state index in [0.717, 1.165) is 0 Å². The van der Waals surface area contributed by atoms with Gasteiger partial charge in [-0.1, -0.05) is 23.2 Å². The van der Waals surface area contributed by atoms with E-state index in [9.17, 15) is 4.79 Å². The molecule has 0 saturated heterocycles. The molecule has 2 atom stereocenters. The summed E-state index contributed by atoms with van der Waals surface area (Å²) in [7, 11) is 2.10. The molecule has 1 N–H and O–H groups in total. The summed E-state index contributed by atoms with van der Waals surface area (Å²) in [5.74, 6) is 0.305. The van der Waals surface area contributed by atoms with E-state index >= 15 is 0 Å². The average Bonchev–Trinajstić information content (AvgIpc) is 3.31. The smallest absolute Gasteiger partial charge is 0.260 e. The Balaban J connectivity index is 1.81. The van der Waals surface area contributed by atoms with Gasteiger partial charge in [0.05, 0.1) is 5.02 Å². The molecule has 1 fully saturated rings. The van der Waals surface area contributed by atoms with Crippen LogP contribution in [0.15, 0.2) is 18.2 Å². The summed E-state index contributed by atoms with van der Waals surface area (Å²) < 4.78 is 5.60. The van der Waals surface area contributed by atoms with E-state index in [1.54, 1.807) is 25.1 Å². The second-order valence-corrected chi connectivity index (χ2v) is 6.67. The summed E-state index contributed by atoms with van der Waals surface area (Å²) in [5, 5.41) is 3.85. The van der Waals surface area contributed by atoms with Gasteiger partial charge in [-0.25, -0.2) is 0 Å². The fourth-order valence-corrected chi connectivity index (χ4v) is 2.65. The zero-order valence-electron chi connectivity index (χ0n) is 13.1. The molecule has 22 heavy (non-hydrogen) atoms. The molecule has 0 aromatic heterocycles. The van der Waals surface area contributed by atoms with E-state index in [-0.39, 0.29) is 5.91 Å². The first-order chi connectivity index (χ1) is 10.4. The zero-order chi connectivity index (χ0) is 16.3. The van der Waals surface area contributed by atoms with Crippen molar-refractivity contribution in [3.8, 4) is 5.75 Å². The number of nitrogens with zero attached hydrogens (tertiary/aromatic N) is 1. The number of amides is 1. The monoisotopic (exact) mass is 344 g/mol. The van der Waals surface area contributed by atoms with Crippen molar-refractivity contribution in [1.29, 1.82) is 0 Å². The Morgan fingerprint density at radius 3 is 2.68 bits per heavy atom. The maximum Gasteiger partial charge on any atom is 0.260 e. The van der Waals surface area contributed by atoms with E-state index in [0.29, 0.717) is 34.4 Å². The number of ether oxygens (including phenoxy) is 1. The molecule has 0 aliphatic heterocycles. The fourth-order valence-electron chi connectivity index (χ4n) is 2.19. The van der Waals surface area contributed by atoms with Gasteiger partial charge in [-0.15, -0.1) is 0 Å². The number of rotatable bonds is 7. The Labute approximate surface area is 141 Å². The molecule has 1 amide bonds. The lowest BCUT2D eigenvalue weighted by molar-refractivity contribution is -0.127. The van der Waals surface area contributed by atoms with Crippen LogP contribution >= 0.6 is 23.2 Å². The predicted octanol–water partition coefficient (Wildman–Crippen LogP) is 3.36. The Hall–Kier alpha value is -0.970. The van der Waals surface area contributed by atoms with Crippen molar-refractivity contribution in [1.82, 2.24) is 10.2 Å². The number of nitrogens with one attached hydrogen (secondary N) is 1. The molecule has 1 aliphatic rings. The van der Waals surface area contributed by atoms with Gasteiger partial charge in [0.2, 0.25) is 0 Å². The van der Waals surface area contributed by atoms with Crippen LogP contribution in [-0.2, 0) is 4.79 Å². The molecule has 1 saturated carbocycles. The van der Waals surface area contributed by atoms with Crippen LogP contribution in [0, 0.1) is 0 Å². The van der Waals surface area contributed by atoms with Crippen LogP contribution in [-0.4, -0.2) is 42.6 Å². The van der Waals surface area contributed by atoms with E-state index < -0.39 is 6.10 Å². The summed E-state index contributed by atoms with van der Waals surface area (Å²) >= 11 is 11.9. The Morgan fingerprint density at radius 1 is 1.41 bits per heavy atom. The maximum absolute atomic E-state index is 12.1. The third-order valence-electron chi connectivity index (χ3n) is 3.96. The van der Waals surface area contributed by atoms with Crippen molar-refractivity contribution < 1.29 is 9.53 Å². The molecule has 1 aromatic carbocycles. The average molecular weight is 345 g/mol. The summed E-state index contributed by atoms with van der Waals surface area (Å²) in [6.45, 7) is 4.42. The molecule has 2 unspecified atom stereocenters. The first kappa shape index (κ1) is 17.4.